The number of benzene rings is 1. The van der Waals surface area contributed by atoms with Gasteiger partial charge < -0.3 is 10.6 Å². The van der Waals surface area contributed by atoms with Gasteiger partial charge >= 0.3 is 0 Å². The van der Waals surface area contributed by atoms with E-state index in [1.807, 2.05) is 0 Å². The first-order valence-electron chi connectivity index (χ1n) is 5.46. The molecule has 0 saturated carbocycles. The normalized spacial score (nSPS) is 17.9. The van der Waals surface area contributed by atoms with Gasteiger partial charge in [0.05, 0.1) is 6.04 Å². The maximum atomic E-state index is 13.4. The fraction of sp³-hybridized carbons (Fsp3) is 0.417. The zero-order valence-corrected chi connectivity index (χ0v) is 9.03. The van der Waals surface area contributed by atoms with Crippen LogP contribution < -0.4 is 5.73 Å². The highest BCUT2D eigenvalue weighted by Crippen LogP contribution is 2.18. The zero-order chi connectivity index (χ0) is 11.5. The van der Waals surface area contributed by atoms with Gasteiger partial charge in [-0.1, -0.05) is 18.2 Å². The van der Waals surface area contributed by atoms with Crippen molar-refractivity contribution >= 4 is 5.91 Å². The van der Waals surface area contributed by atoms with E-state index in [1.165, 1.54) is 6.07 Å². The van der Waals surface area contributed by atoms with E-state index in [0.717, 1.165) is 13.0 Å². The van der Waals surface area contributed by atoms with Gasteiger partial charge in [-0.15, -0.1) is 0 Å². The van der Waals surface area contributed by atoms with E-state index < -0.39 is 6.04 Å². The molecule has 1 aromatic carbocycles. The Morgan fingerprint density at radius 3 is 2.81 bits per heavy atom. The number of rotatable bonds is 3. The Kier molecular flexibility index (Phi) is 3.19. The Labute approximate surface area is 94.0 Å². The average molecular weight is 222 g/mol. The van der Waals surface area contributed by atoms with Gasteiger partial charge in [-0.05, 0) is 12.5 Å². The maximum Gasteiger partial charge on any atom is 0.222 e. The summed E-state index contributed by atoms with van der Waals surface area (Å²) in [5, 5.41) is 0. The van der Waals surface area contributed by atoms with E-state index in [1.54, 1.807) is 23.1 Å². The van der Waals surface area contributed by atoms with E-state index in [0.29, 0.717) is 18.5 Å². The molecule has 16 heavy (non-hydrogen) atoms. The molecule has 1 heterocycles. The number of hydrogen-bond donors (Lipinski definition) is 1. The molecule has 1 amide bonds. The summed E-state index contributed by atoms with van der Waals surface area (Å²) in [6, 6.07) is 6.00. The molecule has 0 aromatic heterocycles. The number of halogens is 1. The highest BCUT2D eigenvalue weighted by molar-refractivity contribution is 5.78. The first-order valence-corrected chi connectivity index (χ1v) is 5.46. The van der Waals surface area contributed by atoms with Gasteiger partial charge in [0.15, 0.2) is 0 Å². The van der Waals surface area contributed by atoms with Crippen LogP contribution in [0.2, 0.25) is 0 Å². The van der Waals surface area contributed by atoms with Crippen LogP contribution in [0.1, 0.15) is 24.4 Å². The monoisotopic (exact) mass is 222 g/mol. The van der Waals surface area contributed by atoms with Gasteiger partial charge in [0, 0.05) is 25.1 Å². The summed E-state index contributed by atoms with van der Waals surface area (Å²) in [6.45, 7) is 1.14. The van der Waals surface area contributed by atoms with E-state index in [9.17, 15) is 9.18 Å². The molecule has 2 rings (SSSR count). The minimum Gasteiger partial charge on any atom is -0.341 e. The van der Waals surface area contributed by atoms with Crippen molar-refractivity contribution in [1.82, 2.24) is 4.90 Å². The molecule has 4 heteroatoms. The van der Waals surface area contributed by atoms with Crippen molar-refractivity contribution in [2.24, 2.45) is 5.73 Å². The first-order chi connectivity index (χ1) is 7.68. The molecule has 3 nitrogen and oxygen atoms in total. The molecule has 1 unspecified atom stereocenters. The molecule has 1 saturated heterocycles. The lowest BCUT2D eigenvalue weighted by Gasteiger charge is -2.21. The number of nitrogens with zero attached hydrogens (tertiary/aromatic N) is 1. The molecule has 86 valence electrons. The fourth-order valence-corrected chi connectivity index (χ4v) is 2.01. The second kappa shape index (κ2) is 4.61. The van der Waals surface area contributed by atoms with E-state index in [2.05, 4.69) is 0 Å². The van der Waals surface area contributed by atoms with E-state index in [-0.39, 0.29) is 11.7 Å². The number of hydrogen-bond acceptors (Lipinski definition) is 2. The Hall–Kier alpha value is -1.42. The highest BCUT2D eigenvalue weighted by Gasteiger charge is 2.23. The Balaban J connectivity index is 2.05. The molecule has 0 spiro atoms. The number of nitrogens with two attached hydrogens (primary N) is 1. The average Bonchev–Trinajstić information content (AvgIpc) is 2.65. The van der Waals surface area contributed by atoms with Crippen molar-refractivity contribution in [3.63, 3.8) is 0 Å². The van der Waals surface area contributed by atoms with E-state index >= 15 is 0 Å². The number of amides is 1. The van der Waals surface area contributed by atoms with Crippen molar-refractivity contribution in [3.8, 4) is 0 Å². The molecule has 1 aliphatic rings. The fourth-order valence-electron chi connectivity index (χ4n) is 2.01. The first kappa shape index (κ1) is 11.1. The molecule has 0 aliphatic carbocycles. The standard InChI is InChI=1S/C12H15FN2O/c13-10-5-2-1-4-9(10)11(14)8-15-7-3-6-12(15)16/h1-2,4-5,11H,3,6-8,14H2. The Morgan fingerprint density at radius 1 is 1.44 bits per heavy atom. The lowest BCUT2D eigenvalue weighted by atomic mass is 10.1. The number of carbonyl (C=O) groups excluding carboxylic acids is 1. The SMILES string of the molecule is NC(CN1CCCC1=O)c1ccccc1F. The van der Waals surface area contributed by atoms with Gasteiger partial charge in [-0.3, -0.25) is 4.79 Å². The second-order valence-corrected chi connectivity index (χ2v) is 4.07. The third-order valence-electron chi connectivity index (χ3n) is 2.89. The van der Waals surface area contributed by atoms with Crippen LogP contribution in [-0.4, -0.2) is 23.9 Å². The van der Waals surface area contributed by atoms with E-state index in [4.69, 9.17) is 5.73 Å². The summed E-state index contributed by atoms with van der Waals surface area (Å²) < 4.78 is 13.4. The summed E-state index contributed by atoms with van der Waals surface area (Å²) in [5.41, 5.74) is 6.38. The summed E-state index contributed by atoms with van der Waals surface area (Å²) in [4.78, 5) is 13.1. The predicted octanol–water partition coefficient (Wildman–Crippen LogP) is 1.45. The van der Waals surface area contributed by atoms with Crippen LogP contribution in [0, 0.1) is 5.82 Å². The van der Waals surface area contributed by atoms with Crippen molar-refractivity contribution in [2.75, 3.05) is 13.1 Å². The van der Waals surface area contributed by atoms with Gasteiger partial charge in [0.2, 0.25) is 5.91 Å². The Morgan fingerprint density at radius 2 is 2.19 bits per heavy atom. The summed E-state index contributed by atoms with van der Waals surface area (Å²) in [7, 11) is 0. The van der Waals surface area contributed by atoms with Gasteiger partial charge in [-0.2, -0.15) is 0 Å². The molecule has 1 aliphatic heterocycles. The van der Waals surface area contributed by atoms with Gasteiger partial charge in [-0.25, -0.2) is 4.39 Å². The van der Waals surface area contributed by atoms with Crippen molar-refractivity contribution in [3.05, 3.63) is 35.6 Å². The van der Waals surface area contributed by atoms with Crippen LogP contribution in [0.25, 0.3) is 0 Å². The van der Waals surface area contributed by atoms with Crippen LogP contribution in [0.4, 0.5) is 4.39 Å². The summed E-state index contributed by atoms with van der Waals surface area (Å²) in [6.07, 6.45) is 1.47. The molecule has 2 N–H and O–H groups in total. The molecule has 1 aromatic rings. The second-order valence-electron chi connectivity index (χ2n) is 4.07. The van der Waals surface area contributed by atoms with Crippen LogP contribution >= 0.6 is 0 Å². The smallest absolute Gasteiger partial charge is 0.222 e. The molecule has 1 fully saturated rings. The van der Waals surface area contributed by atoms with Gasteiger partial charge in [0.25, 0.3) is 0 Å². The summed E-state index contributed by atoms with van der Waals surface area (Å²) in [5.74, 6) is -0.187. The quantitative estimate of drug-likeness (QED) is 0.841. The largest absolute Gasteiger partial charge is 0.341 e. The maximum absolute atomic E-state index is 13.4. The molecule has 0 radical (unpaired) electrons. The van der Waals surface area contributed by atoms with Crippen molar-refractivity contribution in [2.45, 2.75) is 18.9 Å². The van der Waals surface area contributed by atoms with Crippen LogP contribution in [0.15, 0.2) is 24.3 Å². The minimum absolute atomic E-state index is 0.117. The molecular weight excluding hydrogens is 207 g/mol. The van der Waals surface area contributed by atoms with Crippen molar-refractivity contribution in [1.29, 1.82) is 0 Å². The predicted molar refractivity (Wildman–Crippen MR) is 59.1 cm³/mol. The molecule has 1 atom stereocenters. The van der Waals surface area contributed by atoms with Crippen LogP contribution in [0.3, 0.4) is 0 Å². The molecule has 0 bridgehead atoms. The Bertz CT molecular complexity index is 394. The van der Waals surface area contributed by atoms with Gasteiger partial charge in [0.1, 0.15) is 5.82 Å². The number of carbonyl (C=O) groups is 1. The number of likely N-dealkylation sites (tertiary alicyclic amines) is 1. The van der Waals surface area contributed by atoms with Crippen LogP contribution in [0.5, 0.6) is 0 Å². The molecular formula is C12H15FN2O. The zero-order valence-electron chi connectivity index (χ0n) is 9.03. The van der Waals surface area contributed by atoms with Crippen molar-refractivity contribution < 1.29 is 9.18 Å². The highest BCUT2D eigenvalue weighted by atomic mass is 19.1. The third-order valence-corrected chi connectivity index (χ3v) is 2.89. The topological polar surface area (TPSA) is 46.3 Å². The summed E-state index contributed by atoms with van der Waals surface area (Å²) >= 11 is 0. The lowest BCUT2D eigenvalue weighted by Crippen LogP contribution is -2.33. The lowest BCUT2D eigenvalue weighted by molar-refractivity contribution is -0.127. The van der Waals surface area contributed by atoms with Crippen LogP contribution in [-0.2, 0) is 4.79 Å². The minimum atomic E-state index is -0.441. The third kappa shape index (κ3) is 2.22.